The van der Waals surface area contributed by atoms with Crippen molar-refractivity contribution in [2.24, 2.45) is 5.92 Å². The number of anilines is 1. The molecule has 2 aliphatic rings. The summed E-state index contributed by atoms with van der Waals surface area (Å²) in [5, 5.41) is 20.3. The summed E-state index contributed by atoms with van der Waals surface area (Å²) in [6, 6.07) is 4.61. The largest absolute Gasteiger partial charge is 0.478 e. The first-order valence-electron chi connectivity index (χ1n) is 7.36. The van der Waals surface area contributed by atoms with Gasteiger partial charge in [0.25, 0.3) is 5.69 Å². The van der Waals surface area contributed by atoms with Gasteiger partial charge in [-0.15, -0.1) is 0 Å². The standard InChI is InChI=1S/C15H18N2O4/c18-15(19)11-6-7-13(14(9-11)17(20)21)16-8-2-4-10-3-1-5-12(10)16/h6-7,9-10,12H,1-5,8H2,(H,18,19). The molecule has 6 heteroatoms. The van der Waals surface area contributed by atoms with E-state index in [9.17, 15) is 14.9 Å². The van der Waals surface area contributed by atoms with Gasteiger partial charge >= 0.3 is 5.97 Å². The summed E-state index contributed by atoms with van der Waals surface area (Å²) in [6.45, 7) is 0.814. The van der Waals surface area contributed by atoms with E-state index in [0.29, 0.717) is 17.6 Å². The Morgan fingerprint density at radius 1 is 1.29 bits per heavy atom. The lowest BCUT2D eigenvalue weighted by Gasteiger charge is -2.39. The molecule has 1 heterocycles. The number of rotatable bonds is 3. The van der Waals surface area contributed by atoms with Crippen molar-refractivity contribution in [3.8, 4) is 0 Å². The van der Waals surface area contributed by atoms with E-state index in [0.717, 1.165) is 19.4 Å². The molecule has 1 saturated heterocycles. The van der Waals surface area contributed by atoms with Crippen LogP contribution in [0.25, 0.3) is 0 Å². The molecule has 2 atom stereocenters. The summed E-state index contributed by atoms with van der Waals surface area (Å²) >= 11 is 0. The lowest BCUT2D eigenvalue weighted by molar-refractivity contribution is -0.384. The van der Waals surface area contributed by atoms with E-state index in [1.807, 2.05) is 0 Å². The Morgan fingerprint density at radius 2 is 2.05 bits per heavy atom. The van der Waals surface area contributed by atoms with Gasteiger partial charge in [-0.05, 0) is 43.7 Å². The van der Waals surface area contributed by atoms with Gasteiger partial charge in [0.2, 0.25) is 0 Å². The van der Waals surface area contributed by atoms with E-state index in [2.05, 4.69) is 4.90 Å². The fourth-order valence-electron chi connectivity index (χ4n) is 3.80. The number of piperidine rings is 1. The number of hydrogen-bond donors (Lipinski definition) is 1. The second-order valence-corrected chi connectivity index (χ2v) is 5.86. The van der Waals surface area contributed by atoms with Crippen LogP contribution < -0.4 is 4.90 Å². The fraction of sp³-hybridized carbons (Fsp3) is 0.533. The summed E-state index contributed by atoms with van der Waals surface area (Å²) in [4.78, 5) is 24.0. The summed E-state index contributed by atoms with van der Waals surface area (Å²) < 4.78 is 0. The topological polar surface area (TPSA) is 83.7 Å². The third-order valence-electron chi connectivity index (χ3n) is 4.72. The molecule has 1 aliphatic carbocycles. The van der Waals surface area contributed by atoms with Gasteiger partial charge in [0.15, 0.2) is 0 Å². The van der Waals surface area contributed by atoms with Gasteiger partial charge in [-0.1, -0.05) is 6.42 Å². The predicted octanol–water partition coefficient (Wildman–Crippen LogP) is 3.06. The Kier molecular flexibility index (Phi) is 3.53. The van der Waals surface area contributed by atoms with Crippen molar-refractivity contribution in [1.29, 1.82) is 0 Å². The molecule has 0 aromatic heterocycles. The van der Waals surface area contributed by atoms with Crippen LogP contribution in [0, 0.1) is 16.0 Å². The van der Waals surface area contributed by atoms with E-state index in [4.69, 9.17) is 5.11 Å². The summed E-state index contributed by atoms with van der Waals surface area (Å²) in [6.07, 6.45) is 5.68. The number of carboxylic acid groups (broad SMARTS) is 1. The van der Waals surface area contributed by atoms with E-state index in [1.165, 1.54) is 31.4 Å². The second-order valence-electron chi connectivity index (χ2n) is 5.86. The second kappa shape index (κ2) is 5.35. The minimum atomic E-state index is -1.14. The Bertz CT molecular complexity index is 587. The van der Waals surface area contributed by atoms with Crippen LogP contribution in [-0.2, 0) is 0 Å². The molecule has 1 aliphatic heterocycles. The van der Waals surface area contributed by atoms with Crippen molar-refractivity contribution < 1.29 is 14.8 Å². The Morgan fingerprint density at radius 3 is 2.76 bits per heavy atom. The number of carbonyl (C=O) groups is 1. The Hall–Kier alpha value is -2.11. The first-order chi connectivity index (χ1) is 10.1. The highest BCUT2D eigenvalue weighted by Crippen LogP contribution is 2.41. The van der Waals surface area contributed by atoms with Gasteiger partial charge in [0, 0.05) is 18.7 Å². The van der Waals surface area contributed by atoms with Gasteiger partial charge < -0.3 is 10.0 Å². The zero-order valence-electron chi connectivity index (χ0n) is 11.7. The van der Waals surface area contributed by atoms with Crippen molar-refractivity contribution in [2.45, 2.75) is 38.1 Å². The Labute approximate surface area is 122 Å². The van der Waals surface area contributed by atoms with Crippen molar-refractivity contribution in [2.75, 3.05) is 11.4 Å². The van der Waals surface area contributed by atoms with E-state index >= 15 is 0 Å². The van der Waals surface area contributed by atoms with Crippen LogP contribution in [-0.4, -0.2) is 28.6 Å². The molecule has 0 radical (unpaired) electrons. The molecule has 6 nitrogen and oxygen atoms in total. The molecule has 3 rings (SSSR count). The number of nitrogens with zero attached hydrogens (tertiary/aromatic N) is 2. The van der Waals surface area contributed by atoms with Gasteiger partial charge in [0.05, 0.1) is 10.5 Å². The highest BCUT2D eigenvalue weighted by Gasteiger charge is 2.37. The average molecular weight is 290 g/mol. The lowest BCUT2D eigenvalue weighted by Crippen LogP contribution is -2.42. The van der Waals surface area contributed by atoms with Crippen LogP contribution in [0.2, 0.25) is 0 Å². The zero-order chi connectivity index (χ0) is 15.0. The summed E-state index contributed by atoms with van der Waals surface area (Å²) in [7, 11) is 0. The predicted molar refractivity (Wildman–Crippen MR) is 77.8 cm³/mol. The average Bonchev–Trinajstić information content (AvgIpc) is 2.94. The molecule has 1 aromatic rings. The zero-order valence-corrected chi connectivity index (χ0v) is 11.7. The van der Waals surface area contributed by atoms with E-state index < -0.39 is 10.9 Å². The molecule has 0 amide bonds. The van der Waals surface area contributed by atoms with Crippen LogP contribution in [0.15, 0.2) is 18.2 Å². The van der Waals surface area contributed by atoms with Gasteiger partial charge in [-0.25, -0.2) is 4.79 Å². The molecular formula is C15H18N2O4. The van der Waals surface area contributed by atoms with Crippen molar-refractivity contribution in [3.63, 3.8) is 0 Å². The highest BCUT2D eigenvalue weighted by molar-refractivity contribution is 5.89. The summed E-state index contributed by atoms with van der Waals surface area (Å²) in [5.41, 5.74) is 0.439. The normalized spacial score (nSPS) is 24.7. The minimum Gasteiger partial charge on any atom is -0.478 e. The molecule has 0 spiro atoms. The van der Waals surface area contributed by atoms with Crippen LogP contribution >= 0.6 is 0 Å². The molecule has 2 fully saturated rings. The molecule has 1 aromatic carbocycles. The number of nitro benzene ring substituents is 1. The first-order valence-corrected chi connectivity index (χ1v) is 7.36. The van der Waals surface area contributed by atoms with Crippen molar-refractivity contribution in [1.82, 2.24) is 0 Å². The van der Waals surface area contributed by atoms with E-state index in [-0.39, 0.29) is 11.3 Å². The molecule has 1 N–H and O–H groups in total. The number of benzene rings is 1. The third kappa shape index (κ3) is 2.46. The SMILES string of the molecule is O=C(O)c1ccc(N2CCCC3CCCC32)c([N+](=O)[O-])c1. The number of fused-ring (bicyclic) bond motifs is 1. The molecular weight excluding hydrogens is 272 g/mol. The number of hydrogen-bond acceptors (Lipinski definition) is 4. The smallest absolute Gasteiger partial charge is 0.335 e. The van der Waals surface area contributed by atoms with E-state index in [1.54, 1.807) is 6.07 Å². The molecule has 112 valence electrons. The maximum absolute atomic E-state index is 11.3. The van der Waals surface area contributed by atoms with Gasteiger partial charge in [-0.2, -0.15) is 0 Å². The monoisotopic (exact) mass is 290 g/mol. The first kappa shape index (κ1) is 13.9. The summed E-state index contributed by atoms with van der Waals surface area (Å²) in [5.74, 6) is -0.514. The molecule has 21 heavy (non-hydrogen) atoms. The fourth-order valence-corrected chi connectivity index (χ4v) is 3.80. The Balaban J connectivity index is 2.00. The maximum Gasteiger partial charge on any atom is 0.335 e. The number of aromatic carboxylic acids is 1. The van der Waals surface area contributed by atoms with Crippen LogP contribution in [0.1, 0.15) is 42.5 Å². The quantitative estimate of drug-likeness (QED) is 0.683. The van der Waals surface area contributed by atoms with Crippen molar-refractivity contribution >= 4 is 17.3 Å². The lowest BCUT2D eigenvalue weighted by atomic mass is 9.91. The van der Waals surface area contributed by atoms with Crippen LogP contribution in [0.3, 0.4) is 0 Å². The van der Waals surface area contributed by atoms with Gasteiger partial charge in [-0.3, -0.25) is 10.1 Å². The van der Waals surface area contributed by atoms with Crippen LogP contribution in [0.4, 0.5) is 11.4 Å². The molecule has 2 unspecified atom stereocenters. The van der Waals surface area contributed by atoms with Crippen LogP contribution in [0.5, 0.6) is 0 Å². The van der Waals surface area contributed by atoms with Crippen molar-refractivity contribution in [3.05, 3.63) is 33.9 Å². The molecule has 1 saturated carbocycles. The number of carboxylic acids is 1. The highest BCUT2D eigenvalue weighted by atomic mass is 16.6. The number of nitro groups is 1. The minimum absolute atomic E-state index is 0.0366. The molecule has 0 bridgehead atoms. The third-order valence-corrected chi connectivity index (χ3v) is 4.72. The maximum atomic E-state index is 11.3. The van der Waals surface area contributed by atoms with Gasteiger partial charge in [0.1, 0.15) is 5.69 Å².